The minimum atomic E-state index is -1.53. The number of carbonyl (C=O) groups excluding carboxylic acids is 2. The highest BCUT2D eigenvalue weighted by molar-refractivity contribution is 6.03. The SMILES string of the molecule is C=CCO[C@@]12Oc3ccc(Oc4cccc(C=O)c4)cc3[C@H]3[C@H](CCCCO)[C@@H](CCCCO)C=C(C(=NOC4CCCCO4)C[C@@H]1N(CCC)C(=O)Oc1ccc([N+](=O)[O-])cc1)[C@H]32. The predicted molar refractivity (Wildman–Crippen MR) is 238 cm³/mol. The third-order valence-electron chi connectivity index (χ3n) is 12.6. The fourth-order valence-corrected chi connectivity index (χ4v) is 9.83. The maximum absolute atomic E-state index is 14.7. The molecule has 64 heavy (non-hydrogen) atoms. The number of oxime groups is 1. The first-order valence-electron chi connectivity index (χ1n) is 22.5. The molecule has 4 aliphatic rings. The molecule has 2 heterocycles. The second-order valence-electron chi connectivity index (χ2n) is 16.8. The topological polar surface area (TPSA) is 189 Å². The van der Waals surface area contributed by atoms with Crippen LogP contribution in [0.15, 0.2) is 96.2 Å². The number of nitro groups is 1. The number of amides is 1. The number of aliphatic hydroxyl groups is 2. The van der Waals surface area contributed by atoms with E-state index in [9.17, 15) is 29.9 Å². The van der Waals surface area contributed by atoms with Gasteiger partial charge in [-0.25, -0.2) is 4.79 Å². The van der Waals surface area contributed by atoms with Crippen LogP contribution >= 0.6 is 0 Å². The zero-order chi connectivity index (χ0) is 45.1. The quantitative estimate of drug-likeness (QED) is 0.0340. The Labute approximate surface area is 373 Å². The summed E-state index contributed by atoms with van der Waals surface area (Å²) < 4.78 is 32.7. The van der Waals surface area contributed by atoms with Crippen LogP contribution in [0.5, 0.6) is 23.0 Å². The Morgan fingerprint density at radius 2 is 1.78 bits per heavy atom. The van der Waals surface area contributed by atoms with Crippen molar-refractivity contribution in [3.05, 3.63) is 112 Å². The number of aldehydes is 1. The minimum Gasteiger partial charge on any atom is -0.459 e. The van der Waals surface area contributed by atoms with Crippen molar-refractivity contribution in [1.82, 2.24) is 4.90 Å². The lowest BCUT2D eigenvalue weighted by atomic mass is 9.55. The number of allylic oxidation sites excluding steroid dienone is 1. The molecule has 0 aromatic heterocycles. The van der Waals surface area contributed by atoms with Crippen LogP contribution in [0.1, 0.15) is 99.4 Å². The largest absolute Gasteiger partial charge is 0.459 e. The number of rotatable bonds is 21. The van der Waals surface area contributed by atoms with Gasteiger partial charge in [-0.15, -0.1) is 6.58 Å². The van der Waals surface area contributed by atoms with Crippen molar-refractivity contribution in [2.75, 3.05) is 33.0 Å². The molecule has 0 spiro atoms. The van der Waals surface area contributed by atoms with Gasteiger partial charge in [-0.3, -0.25) is 19.8 Å². The minimum absolute atomic E-state index is 0.00456. The van der Waals surface area contributed by atoms with E-state index in [0.29, 0.717) is 60.8 Å². The van der Waals surface area contributed by atoms with Crippen molar-refractivity contribution in [2.24, 2.45) is 22.9 Å². The van der Waals surface area contributed by atoms with Crippen LogP contribution in [0.4, 0.5) is 10.5 Å². The van der Waals surface area contributed by atoms with Crippen LogP contribution in [0.3, 0.4) is 0 Å². The van der Waals surface area contributed by atoms with E-state index < -0.39 is 35.1 Å². The molecule has 2 fully saturated rings. The van der Waals surface area contributed by atoms with Gasteiger partial charge in [-0.05, 0) is 105 Å². The standard InChI is InChI=1S/C49H59N3O12/c1-3-23-51(48(56)62-36-19-17-35(18-20-36)52(57)58)44-31-42(50-64-45-16-7-10-27-59-45)40-29-34(13-5-8-24-53)39(15-6-9-25-54)46-41-30-38(61-37-14-11-12-33(28-37)32-55)21-22-43(41)63-49(44,47(40)46)60-26-4-2/h4,11-12,14,17-22,28-30,32,34,39,44-47,53-54H,2-3,5-10,13,15-16,23-27,31H2,1H3/t34-,39+,44-,45?,46+,47+,49+/m0/s1. The summed E-state index contributed by atoms with van der Waals surface area (Å²) in [7, 11) is 0. The molecule has 1 unspecified atom stereocenters. The van der Waals surface area contributed by atoms with Crippen LogP contribution < -0.4 is 14.2 Å². The summed E-state index contributed by atoms with van der Waals surface area (Å²) in [5.74, 6) is -0.760. The van der Waals surface area contributed by atoms with Crippen LogP contribution in [-0.2, 0) is 14.3 Å². The lowest BCUT2D eigenvalue weighted by Gasteiger charge is -2.59. The summed E-state index contributed by atoms with van der Waals surface area (Å²) in [4.78, 5) is 45.1. The Morgan fingerprint density at radius 3 is 2.48 bits per heavy atom. The summed E-state index contributed by atoms with van der Waals surface area (Å²) in [6.45, 7) is 6.93. The van der Waals surface area contributed by atoms with E-state index in [0.717, 1.165) is 55.9 Å². The Balaban J connectivity index is 1.42. The summed E-state index contributed by atoms with van der Waals surface area (Å²) in [6, 6.07) is 17.1. The van der Waals surface area contributed by atoms with E-state index in [-0.39, 0.29) is 62.0 Å². The van der Waals surface area contributed by atoms with E-state index >= 15 is 0 Å². The maximum Gasteiger partial charge on any atom is 0.415 e. The van der Waals surface area contributed by atoms with Crippen LogP contribution in [0.2, 0.25) is 0 Å². The Bertz CT molecular complexity index is 2150. The van der Waals surface area contributed by atoms with Gasteiger partial charge >= 0.3 is 6.09 Å². The molecular formula is C49H59N3O12. The van der Waals surface area contributed by atoms with Crippen LogP contribution in [0, 0.1) is 27.9 Å². The first-order valence-corrected chi connectivity index (χ1v) is 22.5. The molecule has 0 bridgehead atoms. The number of fused-ring (bicyclic) bond motifs is 2. The van der Waals surface area contributed by atoms with Crippen molar-refractivity contribution in [1.29, 1.82) is 0 Å². The summed E-state index contributed by atoms with van der Waals surface area (Å²) in [6.07, 6.45) is 10.9. The molecule has 7 atom stereocenters. The molecule has 3 aromatic rings. The monoisotopic (exact) mass is 881 g/mol. The zero-order valence-corrected chi connectivity index (χ0v) is 36.4. The summed E-state index contributed by atoms with van der Waals surface area (Å²) >= 11 is 0. The first-order chi connectivity index (χ1) is 31.2. The normalized spacial score (nSPS) is 25.2. The van der Waals surface area contributed by atoms with Crippen LogP contribution in [0.25, 0.3) is 0 Å². The molecule has 3 aromatic carbocycles. The van der Waals surface area contributed by atoms with Crippen molar-refractivity contribution in [3.63, 3.8) is 0 Å². The average Bonchev–Trinajstić information content (AvgIpc) is 3.31. The van der Waals surface area contributed by atoms with Gasteiger partial charge in [-0.2, -0.15) is 0 Å². The number of nitro benzene ring substituents is 1. The molecule has 1 saturated heterocycles. The number of aliphatic hydroxyl groups excluding tert-OH is 2. The van der Waals surface area contributed by atoms with E-state index in [1.54, 1.807) is 35.2 Å². The molecule has 2 N–H and O–H groups in total. The number of hydrogen-bond acceptors (Lipinski definition) is 13. The Hall–Kier alpha value is -5.61. The molecule has 2 aliphatic heterocycles. The van der Waals surface area contributed by atoms with Crippen molar-refractivity contribution < 1.29 is 53.2 Å². The maximum atomic E-state index is 14.7. The molecular weight excluding hydrogens is 823 g/mol. The van der Waals surface area contributed by atoms with Crippen LogP contribution in [-0.4, -0.2) is 89.2 Å². The highest BCUT2D eigenvalue weighted by Crippen LogP contribution is 2.62. The molecule has 1 saturated carbocycles. The predicted octanol–water partition coefficient (Wildman–Crippen LogP) is 9.27. The van der Waals surface area contributed by atoms with Gasteiger partial charge in [0.05, 0.1) is 29.8 Å². The second-order valence-corrected chi connectivity index (χ2v) is 16.8. The summed E-state index contributed by atoms with van der Waals surface area (Å²) in [5.41, 5.74) is 2.68. The average molecular weight is 882 g/mol. The molecule has 342 valence electrons. The number of unbranched alkanes of at least 4 members (excludes halogenated alkanes) is 2. The highest BCUT2D eigenvalue weighted by Gasteiger charge is 2.65. The third kappa shape index (κ3) is 10.3. The lowest BCUT2D eigenvalue weighted by molar-refractivity contribution is -0.384. The molecule has 1 amide bonds. The molecule has 15 nitrogen and oxygen atoms in total. The van der Waals surface area contributed by atoms with Gasteiger partial charge in [-0.1, -0.05) is 49.2 Å². The van der Waals surface area contributed by atoms with E-state index in [4.69, 9.17) is 33.7 Å². The third-order valence-corrected chi connectivity index (χ3v) is 12.6. The fraction of sp³-hybridized carbons (Fsp3) is 0.490. The van der Waals surface area contributed by atoms with Crippen molar-refractivity contribution >= 4 is 23.8 Å². The zero-order valence-electron chi connectivity index (χ0n) is 36.4. The van der Waals surface area contributed by atoms with Gasteiger partial charge in [0, 0.05) is 61.8 Å². The van der Waals surface area contributed by atoms with Gasteiger partial charge in [0.25, 0.3) is 5.69 Å². The molecule has 15 heteroatoms. The Kier molecular flexibility index (Phi) is 15.8. The van der Waals surface area contributed by atoms with Gasteiger partial charge in [0.1, 0.15) is 35.3 Å². The van der Waals surface area contributed by atoms with Crippen molar-refractivity contribution in [3.8, 4) is 23.0 Å². The summed E-state index contributed by atoms with van der Waals surface area (Å²) in [5, 5.41) is 36.2. The molecule has 7 rings (SSSR count). The first kappa shape index (κ1) is 46.4. The van der Waals surface area contributed by atoms with E-state index in [1.807, 2.05) is 25.1 Å². The lowest BCUT2D eigenvalue weighted by Crippen LogP contribution is -2.70. The molecule has 0 radical (unpaired) electrons. The number of ether oxygens (including phenoxy) is 5. The fourth-order valence-electron chi connectivity index (χ4n) is 9.83. The smallest absolute Gasteiger partial charge is 0.415 e. The van der Waals surface area contributed by atoms with Gasteiger partial charge in [0.15, 0.2) is 0 Å². The second kappa shape index (κ2) is 21.8. The number of non-ortho nitro benzene ring substituents is 1. The number of hydrogen-bond donors (Lipinski definition) is 2. The van der Waals surface area contributed by atoms with Gasteiger partial charge in [0.2, 0.25) is 12.1 Å². The highest BCUT2D eigenvalue weighted by atomic mass is 16.8. The number of benzene rings is 3. The Morgan fingerprint density at radius 1 is 1.02 bits per heavy atom. The van der Waals surface area contributed by atoms with E-state index in [2.05, 4.69) is 12.7 Å². The number of carbonyl (C=O) groups is 2. The molecule has 2 aliphatic carbocycles. The van der Waals surface area contributed by atoms with E-state index in [1.165, 1.54) is 24.3 Å². The number of nitrogens with zero attached hydrogens (tertiary/aromatic N) is 3. The van der Waals surface area contributed by atoms with Crippen molar-refractivity contribution in [2.45, 2.75) is 102 Å². The van der Waals surface area contributed by atoms with Gasteiger partial charge < -0.3 is 38.7 Å².